The highest BCUT2D eigenvalue weighted by atomic mass is 32.1. The minimum absolute atomic E-state index is 0.289. The lowest BCUT2D eigenvalue weighted by Crippen LogP contribution is -2.21. The fourth-order valence-electron chi connectivity index (χ4n) is 1.54. The number of amides is 1. The van der Waals surface area contributed by atoms with E-state index in [-0.39, 0.29) is 11.1 Å². The van der Waals surface area contributed by atoms with Crippen LogP contribution >= 0.6 is 11.3 Å². The van der Waals surface area contributed by atoms with Gasteiger partial charge in [0.05, 0.1) is 11.1 Å². The SMILES string of the molecule is N#Cc1ccsc1NC(=O)COC(=O)c1cc(F)cc(F)c1. The van der Waals surface area contributed by atoms with Crippen molar-refractivity contribution in [3.63, 3.8) is 0 Å². The molecule has 0 unspecified atom stereocenters. The largest absolute Gasteiger partial charge is 0.452 e. The minimum Gasteiger partial charge on any atom is -0.452 e. The van der Waals surface area contributed by atoms with Crippen molar-refractivity contribution in [1.29, 1.82) is 5.26 Å². The van der Waals surface area contributed by atoms with E-state index in [0.29, 0.717) is 11.1 Å². The molecule has 0 saturated heterocycles. The summed E-state index contributed by atoms with van der Waals surface area (Å²) in [6.07, 6.45) is 0. The van der Waals surface area contributed by atoms with Gasteiger partial charge in [-0.25, -0.2) is 13.6 Å². The lowest BCUT2D eigenvalue weighted by molar-refractivity contribution is -0.119. The summed E-state index contributed by atoms with van der Waals surface area (Å²) < 4.78 is 30.6. The Balaban J connectivity index is 1.93. The third kappa shape index (κ3) is 3.86. The highest BCUT2D eigenvalue weighted by molar-refractivity contribution is 7.14. The van der Waals surface area contributed by atoms with Crippen molar-refractivity contribution >= 4 is 28.2 Å². The van der Waals surface area contributed by atoms with E-state index in [0.717, 1.165) is 23.5 Å². The molecule has 0 aliphatic carbocycles. The van der Waals surface area contributed by atoms with Crippen molar-refractivity contribution < 1.29 is 23.1 Å². The lowest BCUT2D eigenvalue weighted by atomic mass is 10.2. The number of thiophene rings is 1. The molecule has 1 aromatic heterocycles. The molecule has 8 heteroatoms. The molecule has 0 aliphatic rings. The fraction of sp³-hybridized carbons (Fsp3) is 0.0714. The van der Waals surface area contributed by atoms with Crippen LogP contribution in [0.4, 0.5) is 13.8 Å². The molecule has 0 bridgehead atoms. The van der Waals surface area contributed by atoms with Crippen LogP contribution in [0.5, 0.6) is 0 Å². The lowest BCUT2D eigenvalue weighted by Gasteiger charge is -2.06. The molecule has 2 aromatic rings. The number of benzene rings is 1. The maximum absolute atomic E-state index is 13.0. The number of nitrogens with zero attached hydrogens (tertiary/aromatic N) is 1. The zero-order chi connectivity index (χ0) is 16.1. The molecule has 1 heterocycles. The monoisotopic (exact) mass is 322 g/mol. The van der Waals surface area contributed by atoms with E-state index in [1.807, 2.05) is 6.07 Å². The predicted octanol–water partition coefficient (Wildman–Crippen LogP) is 2.69. The first kappa shape index (κ1) is 15.6. The van der Waals surface area contributed by atoms with Crippen LogP contribution in [0.2, 0.25) is 0 Å². The molecule has 0 spiro atoms. The van der Waals surface area contributed by atoms with Crippen molar-refractivity contribution in [1.82, 2.24) is 0 Å². The summed E-state index contributed by atoms with van der Waals surface area (Å²) in [5, 5.41) is 13.1. The van der Waals surface area contributed by atoms with E-state index in [9.17, 15) is 18.4 Å². The maximum Gasteiger partial charge on any atom is 0.338 e. The van der Waals surface area contributed by atoms with Gasteiger partial charge in [-0.1, -0.05) is 0 Å². The molecule has 2 rings (SSSR count). The normalized spacial score (nSPS) is 9.86. The van der Waals surface area contributed by atoms with Gasteiger partial charge in [0.1, 0.15) is 22.7 Å². The smallest absolute Gasteiger partial charge is 0.338 e. The standard InChI is InChI=1S/C14H8F2N2O3S/c15-10-3-9(4-11(16)5-10)14(20)21-7-12(19)18-13-8(6-17)1-2-22-13/h1-5H,7H2,(H,18,19). The van der Waals surface area contributed by atoms with Crippen LogP contribution in [-0.2, 0) is 9.53 Å². The number of nitrogens with one attached hydrogen (secondary N) is 1. The fourth-order valence-corrected chi connectivity index (χ4v) is 2.30. The molecule has 1 aromatic carbocycles. The number of hydrogen-bond donors (Lipinski definition) is 1. The van der Waals surface area contributed by atoms with Crippen LogP contribution in [0.15, 0.2) is 29.6 Å². The van der Waals surface area contributed by atoms with Crippen LogP contribution in [0, 0.1) is 23.0 Å². The number of anilines is 1. The Bertz CT molecular complexity index is 747. The van der Waals surface area contributed by atoms with Gasteiger partial charge in [0.15, 0.2) is 6.61 Å². The third-order valence-electron chi connectivity index (χ3n) is 2.47. The first-order valence-corrected chi connectivity index (χ1v) is 6.78. The summed E-state index contributed by atoms with van der Waals surface area (Å²) >= 11 is 1.14. The number of ether oxygens (including phenoxy) is 1. The highest BCUT2D eigenvalue weighted by Gasteiger charge is 2.14. The zero-order valence-corrected chi connectivity index (χ0v) is 11.7. The minimum atomic E-state index is -1.03. The Labute approximate surface area is 127 Å². The number of esters is 1. The molecular formula is C14H8F2N2O3S. The van der Waals surface area contributed by atoms with E-state index in [2.05, 4.69) is 10.1 Å². The van der Waals surface area contributed by atoms with Gasteiger partial charge in [-0.3, -0.25) is 4.79 Å². The molecule has 0 fully saturated rings. The van der Waals surface area contributed by atoms with Crippen molar-refractivity contribution in [2.45, 2.75) is 0 Å². The summed E-state index contributed by atoms with van der Waals surface area (Å²) in [6.45, 7) is -0.639. The van der Waals surface area contributed by atoms with Gasteiger partial charge in [0, 0.05) is 6.07 Å². The van der Waals surface area contributed by atoms with E-state index < -0.39 is 30.1 Å². The molecule has 1 N–H and O–H groups in total. The van der Waals surface area contributed by atoms with E-state index in [4.69, 9.17) is 5.26 Å². The maximum atomic E-state index is 13.0. The number of halogens is 2. The Kier molecular flexibility index (Phi) is 4.80. The van der Waals surface area contributed by atoms with Crippen LogP contribution in [0.25, 0.3) is 0 Å². The van der Waals surface area contributed by atoms with Gasteiger partial charge in [0.25, 0.3) is 5.91 Å². The van der Waals surface area contributed by atoms with Crippen molar-refractivity contribution in [2.75, 3.05) is 11.9 Å². The molecule has 0 atom stereocenters. The predicted molar refractivity (Wildman–Crippen MR) is 74.3 cm³/mol. The quantitative estimate of drug-likeness (QED) is 0.878. The molecule has 0 aliphatic heterocycles. The van der Waals surface area contributed by atoms with E-state index in [1.165, 1.54) is 6.07 Å². The molecule has 0 radical (unpaired) electrons. The number of rotatable bonds is 4. The second-order valence-electron chi connectivity index (χ2n) is 4.06. The molecular weight excluding hydrogens is 314 g/mol. The summed E-state index contributed by atoms with van der Waals surface area (Å²) in [4.78, 5) is 23.2. The Hall–Kier alpha value is -2.79. The number of carbonyl (C=O) groups is 2. The van der Waals surface area contributed by atoms with Gasteiger partial charge >= 0.3 is 5.97 Å². The second-order valence-corrected chi connectivity index (χ2v) is 4.97. The van der Waals surface area contributed by atoms with Gasteiger partial charge in [-0.2, -0.15) is 5.26 Å². The van der Waals surface area contributed by atoms with Gasteiger partial charge in [-0.05, 0) is 23.6 Å². The summed E-state index contributed by atoms with van der Waals surface area (Å²) in [5.74, 6) is -3.54. The van der Waals surface area contributed by atoms with Crippen molar-refractivity contribution in [2.24, 2.45) is 0 Å². The first-order valence-electron chi connectivity index (χ1n) is 5.90. The zero-order valence-electron chi connectivity index (χ0n) is 10.9. The van der Waals surface area contributed by atoms with Gasteiger partial charge in [0.2, 0.25) is 0 Å². The van der Waals surface area contributed by atoms with E-state index >= 15 is 0 Å². The van der Waals surface area contributed by atoms with E-state index in [1.54, 1.807) is 5.38 Å². The number of carbonyl (C=O) groups excluding carboxylic acids is 2. The summed E-state index contributed by atoms with van der Waals surface area (Å²) in [5.41, 5.74) is -0.0454. The van der Waals surface area contributed by atoms with Crippen LogP contribution in [0.3, 0.4) is 0 Å². The van der Waals surface area contributed by atoms with Crippen molar-refractivity contribution in [3.05, 3.63) is 52.4 Å². The van der Waals surface area contributed by atoms with Crippen molar-refractivity contribution in [3.8, 4) is 6.07 Å². The first-order chi connectivity index (χ1) is 10.5. The van der Waals surface area contributed by atoms with Crippen LogP contribution in [0.1, 0.15) is 15.9 Å². The second kappa shape index (κ2) is 6.78. The number of hydrogen-bond acceptors (Lipinski definition) is 5. The molecule has 5 nitrogen and oxygen atoms in total. The number of nitriles is 1. The Morgan fingerprint density at radius 1 is 1.27 bits per heavy atom. The average Bonchev–Trinajstić information content (AvgIpc) is 2.90. The molecule has 0 saturated carbocycles. The van der Waals surface area contributed by atoms with Gasteiger partial charge in [-0.15, -0.1) is 11.3 Å². The molecule has 1 amide bonds. The highest BCUT2D eigenvalue weighted by Crippen LogP contribution is 2.21. The summed E-state index contributed by atoms with van der Waals surface area (Å²) in [6, 6.07) is 5.64. The topological polar surface area (TPSA) is 79.2 Å². The Morgan fingerprint density at radius 3 is 2.59 bits per heavy atom. The third-order valence-corrected chi connectivity index (χ3v) is 3.30. The summed E-state index contributed by atoms with van der Waals surface area (Å²) in [7, 11) is 0. The average molecular weight is 322 g/mol. The van der Waals surface area contributed by atoms with Crippen LogP contribution in [-0.4, -0.2) is 18.5 Å². The molecule has 112 valence electrons. The van der Waals surface area contributed by atoms with Gasteiger partial charge < -0.3 is 10.1 Å². The Morgan fingerprint density at radius 2 is 1.95 bits per heavy atom. The molecule has 22 heavy (non-hydrogen) atoms. The van der Waals surface area contributed by atoms with Crippen LogP contribution < -0.4 is 5.32 Å².